The molecule has 8 nitrogen and oxygen atoms in total. The van der Waals surface area contributed by atoms with Crippen LogP contribution in [-0.4, -0.2) is 53.7 Å². The second-order valence-electron chi connectivity index (χ2n) is 7.71. The van der Waals surface area contributed by atoms with E-state index in [0.717, 1.165) is 11.3 Å². The molecule has 0 aliphatic carbocycles. The fourth-order valence-corrected chi connectivity index (χ4v) is 4.08. The molecule has 0 fully saturated rings. The lowest BCUT2D eigenvalue weighted by atomic mass is 9.95. The number of amides is 2. The Morgan fingerprint density at radius 3 is 2.73 bits per heavy atom. The third kappa shape index (κ3) is 4.67. The summed E-state index contributed by atoms with van der Waals surface area (Å²) in [7, 11) is 2.74. The summed E-state index contributed by atoms with van der Waals surface area (Å²) in [6.45, 7) is 0.316. The monoisotopic (exact) mass is 452 g/mol. The van der Waals surface area contributed by atoms with E-state index in [1.165, 1.54) is 31.5 Å². The van der Waals surface area contributed by atoms with Crippen molar-refractivity contribution < 1.29 is 23.5 Å². The summed E-state index contributed by atoms with van der Waals surface area (Å²) in [5.74, 6) is -0.697. The summed E-state index contributed by atoms with van der Waals surface area (Å²) in [4.78, 5) is 34.7. The van der Waals surface area contributed by atoms with Gasteiger partial charge in [-0.3, -0.25) is 0 Å². The number of hydrogen-bond donors (Lipinski definition) is 2. The first-order valence-electron chi connectivity index (χ1n) is 10.6. The van der Waals surface area contributed by atoms with Crippen molar-refractivity contribution in [2.24, 2.45) is 0 Å². The number of hydrogen-bond acceptors (Lipinski definition) is 5. The number of benzene rings is 2. The van der Waals surface area contributed by atoms with Crippen LogP contribution in [0.25, 0.3) is 0 Å². The molecule has 1 aromatic heterocycles. The minimum atomic E-state index is -0.896. The lowest BCUT2D eigenvalue weighted by Crippen LogP contribution is -2.52. The van der Waals surface area contributed by atoms with Gasteiger partial charge in [-0.15, -0.1) is 0 Å². The highest BCUT2D eigenvalue weighted by atomic mass is 19.1. The molecule has 2 aromatic carbocycles. The number of nitrogens with one attached hydrogen (secondary N) is 2. The van der Waals surface area contributed by atoms with Gasteiger partial charge in [0.05, 0.1) is 26.2 Å². The average molecular weight is 452 g/mol. The Hall–Kier alpha value is -3.88. The first kappa shape index (κ1) is 22.3. The van der Waals surface area contributed by atoms with Crippen molar-refractivity contribution in [3.8, 4) is 5.75 Å². The average Bonchev–Trinajstić information content (AvgIpc) is 3.32. The van der Waals surface area contributed by atoms with E-state index >= 15 is 4.39 Å². The number of methoxy groups -OCH3 is 2. The van der Waals surface area contributed by atoms with Crippen LogP contribution in [0.2, 0.25) is 0 Å². The standard InChI is InChI=1S/C24H25FN4O4/c1-32-16-8-9-17(18(25)13-16)22-21-19(26-14-27-21)10-11-29(22)24(31)28-20(23(30)33-2)12-15-6-4-3-5-7-15/h3-9,13-14,20,22H,10-12H2,1-2H3,(H,26,27)(H,28,31). The Morgan fingerprint density at radius 2 is 2.03 bits per heavy atom. The van der Waals surface area contributed by atoms with Crippen molar-refractivity contribution in [2.75, 3.05) is 20.8 Å². The van der Waals surface area contributed by atoms with Gasteiger partial charge < -0.3 is 24.7 Å². The number of aromatic amines is 1. The van der Waals surface area contributed by atoms with Crippen LogP contribution in [0.5, 0.6) is 5.75 Å². The van der Waals surface area contributed by atoms with Crippen molar-refractivity contribution in [2.45, 2.75) is 24.9 Å². The number of halogens is 1. The Kier molecular flexibility index (Phi) is 6.58. The van der Waals surface area contributed by atoms with Crippen molar-refractivity contribution in [1.29, 1.82) is 0 Å². The van der Waals surface area contributed by atoms with Crippen molar-refractivity contribution in [3.05, 3.63) is 83.2 Å². The maximum Gasteiger partial charge on any atom is 0.328 e. The van der Waals surface area contributed by atoms with Crippen LogP contribution in [0.1, 0.15) is 28.6 Å². The number of fused-ring (bicyclic) bond motifs is 1. The predicted molar refractivity (Wildman–Crippen MR) is 118 cm³/mol. The minimum Gasteiger partial charge on any atom is -0.497 e. The lowest BCUT2D eigenvalue weighted by Gasteiger charge is -2.36. The Labute approximate surface area is 190 Å². The Balaban J connectivity index is 1.64. The number of esters is 1. The zero-order chi connectivity index (χ0) is 23.4. The van der Waals surface area contributed by atoms with Crippen LogP contribution >= 0.6 is 0 Å². The number of nitrogens with zero attached hydrogens (tertiary/aromatic N) is 2. The number of rotatable bonds is 6. The van der Waals surface area contributed by atoms with Gasteiger partial charge >= 0.3 is 12.0 Å². The minimum absolute atomic E-state index is 0.266. The van der Waals surface area contributed by atoms with Crippen LogP contribution < -0.4 is 10.1 Å². The molecule has 0 radical (unpaired) electrons. The highest BCUT2D eigenvalue weighted by molar-refractivity contribution is 5.84. The maximum absolute atomic E-state index is 15.0. The lowest BCUT2D eigenvalue weighted by molar-refractivity contribution is -0.142. The first-order valence-corrected chi connectivity index (χ1v) is 10.6. The number of H-pyrrole nitrogens is 1. The summed E-state index contributed by atoms with van der Waals surface area (Å²) in [5.41, 5.74) is 2.57. The molecular formula is C24H25FN4O4. The van der Waals surface area contributed by atoms with Gasteiger partial charge in [-0.2, -0.15) is 0 Å². The smallest absolute Gasteiger partial charge is 0.328 e. The van der Waals surface area contributed by atoms with Crippen LogP contribution in [0.15, 0.2) is 54.9 Å². The highest BCUT2D eigenvalue weighted by Crippen LogP contribution is 2.35. The van der Waals surface area contributed by atoms with Gasteiger partial charge in [0.1, 0.15) is 23.7 Å². The van der Waals surface area contributed by atoms with Crippen molar-refractivity contribution in [3.63, 3.8) is 0 Å². The normalized spacial score (nSPS) is 16.0. The number of carbonyl (C=O) groups is 2. The predicted octanol–water partition coefficient (Wildman–Crippen LogP) is 3.00. The second-order valence-corrected chi connectivity index (χ2v) is 7.71. The van der Waals surface area contributed by atoms with Crippen LogP contribution in [0.4, 0.5) is 9.18 Å². The number of urea groups is 1. The molecule has 9 heteroatoms. The highest BCUT2D eigenvalue weighted by Gasteiger charge is 2.37. The molecule has 2 amide bonds. The van der Waals surface area contributed by atoms with Gasteiger partial charge in [-0.1, -0.05) is 30.3 Å². The fourth-order valence-electron chi connectivity index (χ4n) is 4.08. The van der Waals surface area contributed by atoms with Crippen LogP contribution in [-0.2, 0) is 22.4 Å². The molecule has 2 N–H and O–H groups in total. The third-order valence-electron chi connectivity index (χ3n) is 5.75. The van der Waals surface area contributed by atoms with E-state index in [1.54, 1.807) is 12.1 Å². The molecule has 1 aliphatic heterocycles. The molecule has 2 unspecified atom stereocenters. The van der Waals surface area contributed by atoms with E-state index in [1.807, 2.05) is 30.3 Å². The number of imidazole rings is 1. The Morgan fingerprint density at radius 1 is 1.24 bits per heavy atom. The van der Waals surface area contributed by atoms with E-state index in [2.05, 4.69) is 15.3 Å². The molecule has 0 saturated carbocycles. The Bertz CT molecular complexity index is 1130. The molecule has 3 aromatic rings. The van der Waals surface area contributed by atoms with Crippen LogP contribution in [0, 0.1) is 5.82 Å². The number of ether oxygens (including phenoxy) is 2. The summed E-state index contributed by atoms with van der Waals surface area (Å²) < 4.78 is 25.1. The first-order chi connectivity index (χ1) is 16.0. The third-order valence-corrected chi connectivity index (χ3v) is 5.75. The van der Waals surface area contributed by atoms with Crippen molar-refractivity contribution in [1.82, 2.24) is 20.2 Å². The molecule has 0 saturated heterocycles. The second kappa shape index (κ2) is 9.72. The van der Waals surface area contributed by atoms with Gasteiger partial charge in [0.15, 0.2) is 0 Å². The van der Waals surface area contributed by atoms with E-state index in [9.17, 15) is 9.59 Å². The summed E-state index contributed by atoms with van der Waals surface area (Å²) >= 11 is 0. The SMILES string of the molecule is COC(=O)C(Cc1ccccc1)NC(=O)N1CCc2[nH]cnc2C1c1ccc(OC)cc1F. The maximum atomic E-state index is 15.0. The van der Waals surface area contributed by atoms with Crippen LogP contribution in [0.3, 0.4) is 0 Å². The van der Waals surface area contributed by atoms with E-state index < -0.39 is 29.9 Å². The summed E-state index contributed by atoms with van der Waals surface area (Å²) in [6.07, 6.45) is 2.33. The molecule has 172 valence electrons. The summed E-state index contributed by atoms with van der Waals surface area (Å²) in [6, 6.07) is 11.7. The van der Waals surface area contributed by atoms with Gasteiger partial charge in [0.25, 0.3) is 0 Å². The van der Waals surface area contributed by atoms with E-state index in [0.29, 0.717) is 24.4 Å². The molecular weight excluding hydrogens is 427 g/mol. The number of carbonyl (C=O) groups excluding carboxylic acids is 2. The van der Waals surface area contributed by atoms with Crippen molar-refractivity contribution >= 4 is 12.0 Å². The fraction of sp³-hybridized carbons (Fsp3) is 0.292. The molecule has 0 spiro atoms. The van der Waals surface area contributed by atoms with Gasteiger partial charge in [-0.25, -0.2) is 19.0 Å². The number of aromatic nitrogens is 2. The van der Waals surface area contributed by atoms with Gasteiger partial charge in [0.2, 0.25) is 0 Å². The van der Waals surface area contributed by atoms with E-state index in [4.69, 9.17) is 9.47 Å². The van der Waals surface area contributed by atoms with E-state index in [-0.39, 0.29) is 12.0 Å². The zero-order valence-electron chi connectivity index (χ0n) is 18.4. The zero-order valence-corrected chi connectivity index (χ0v) is 18.4. The summed E-state index contributed by atoms with van der Waals surface area (Å²) in [5, 5.41) is 2.78. The molecule has 2 heterocycles. The largest absolute Gasteiger partial charge is 0.497 e. The van der Waals surface area contributed by atoms with Gasteiger partial charge in [-0.05, 0) is 17.7 Å². The molecule has 2 atom stereocenters. The topological polar surface area (TPSA) is 96.6 Å². The molecule has 1 aliphatic rings. The molecule has 33 heavy (non-hydrogen) atoms. The quantitative estimate of drug-likeness (QED) is 0.561. The molecule has 0 bridgehead atoms. The van der Waals surface area contributed by atoms with Gasteiger partial charge in [0, 0.05) is 36.7 Å². The molecule has 4 rings (SSSR count).